The molecule has 0 spiro atoms. The maximum absolute atomic E-state index is 12.2. The minimum atomic E-state index is -2.20. The lowest BCUT2D eigenvalue weighted by atomic mass is 10.2. The Kier molecular flexibility index (Phi) is 5.80. The number of benzene rings is 3. The first kappa shape index (κ1) is 20.0. The molecule has 0 N–H and O–H groups in total. The zero-order valence-electron chi connectivity index (χ0n) is 16.7. The van der Waals surface area contributed by atoms with Crippen molar-refractivity contribution in [3.63, 3.8) is 0 Å². The summed E-state index contributed by atoms with van der Waals surface area (Å²) in [5.74, 6) is 0.478. The van der Waals surface area contributed by atoms with E-state index < -0.39 is 10.3 Å². The van der Waals surface area contributed by atoms with Crippen LogP contribution in [0.1, 0.15) is 27.7 Å². The van der Waals surface area contributed by atoms with Crippen molar-refractivity contribution in [3.8, 4) is 5.75 Å². The molecule has 0 radical (unpaired) electrons. The van der Waals surface area contributed by atoms with Crippen molar-refractivity contribution in [2.45, 2.75) is 48.0 Å². The van der Waals surface area contributed by atoms with E-state index in [2.05, 4.69) is 0 Å². The van der Waals surface area contributed by atoms with Crippen LogP contribution in [0.25, 0.3) is 0 Å². The van der Waals surface area contributed by atoms with Gasteiger partial charge in [-0.1, -0.05) is 36.4 Å². The van der Waals surface area contributed by atoms with Crippen LogP contribution in [0, 0.1) is 0 Å². The molecular formula is C24H26O3S. The summed E-state index contributed by atoms with van der Waals surface area (Å²) in [6.45, 7) is 7.51. The number of hydrogen-bond acceptors (Lipinski definition) is 3. The highest BCUT2D eigenvalue weighted by Gasteiger charge is 2.34. The van der Waals surface area contributed by atoms with E-state index in [1.165, 1.54) is 6.92 Å². The van der Waals surface area contributed by atoms with Crippen molar-refractivity contribution >= 4 is 16.3 Å². The van der Waals surface area contributed by atoms with Crippen LogP contribution in [-0.2, 0) is 8.98 Å². The largest absolute Gasteiger partial charge is 0.488 e. The van der Waals surface area contributed by atoms with Crippen LogP contribution < -0.4 is 4.74 Å². The maximum Gasteiger partial charge on any atom is 0.313 e. The van der Waals surface area contributed by atoms with Crippen LogP contribution >= 0.6 is 10.3 Å². The molecule has 146 valence electrons. The molecule has 0 amide bonds. The number of carbonyl (C=O) groups excluding carboxylic acids is 1. The van der Waals surface area contributed by atoms with Gasteiger partial charge in [0.1, 0.15) is 11.4 Å². The Bertz CT molecular complexity index is 874. The van der Waals surface area contributed by atoms with E-state index >= 15 is 0 Å². The van der Waals surface area contributed by atoms with Crippen molar-refractivity contribution in [1.29, 1.82) is 0 Å². The van der Waals surface area contributed by atoms with Crippen LogP contribution in [0.5, 0.6) is 5.75 Å². The normalized spacial score (nSPS) is 12.3. The van der Waals surface area contributed by atoms with Gasteiger partial charge < -0.3 is 8.92 Å². The summed E-state index contributed by atoms with van der Waals surface area (Å²) in [5.41, 5.74) is -0.278. The quantitative estimate of drug-likeness (QED) is 0.487. The summed E-state index contributed by atoms with van der Waals surface area (Å²) >= 11 is 0. The van der Waals surface area contributed by atoms with Crippen molar-refractivity contribution in [1.82, 2.24) is 0 Å². The molecule has 0 aliphatic rings. The van der Waals surface area contributed by atoms with Gasteiger partial charge in [-0.05, 0) is 79.6 Å². The molecule has 0 unspecified atom stereocenters. The van der Waals surface area contributed by atoms with Crippen LogP contribution in [0.4, 0.5) is 0 Å². The fourth-order valence-electron chi connectivity index (χ4n) is 3.01. The predicted octanol–water partition coefficient (Wildman–Crippen LogP) is 6.62. The minimum absolute atomic E-state index is 0.278. The molecular weight excluding hydrogens is 368 g/mol. The lowest BCUT2D eigenvalue weighted by Crippen LogP contribution is -2.22. The first-order valence-corrected chi connectivity index (χ1v) is 10.8. The molecule has 0 bridgehead atoms. The fraction of sp³-hybridized carbons (Fsp3) is 0.208. The van der Waals surface area contributed by atoms with E-state index in [9.17, 15) is 4.79 Å². The van der Waals surface area contributed by atoms with E-state index in [4.69, 9.17) is 8.92 Å². The van der Waals surface area contributed by atoms with E-state index in [1.807, 2.05) is 106 Å². The smallest absolute Gasteiger partial charge is 0.313 e. The van der Waals surface area contributed by atoms with E-state index in [1.54, 1.807) is 0 Å². The molecule has 3 aromatic rings. The van der Waals surface area contributed by atoms with Gasteiger partial charge in [-0.25, -0.2) is 0 Å². The van der Waals surface area contributed by atoms with Gasteiger partial charge in [0, 0.05) is 21.6 Å². The zero-order valence-corrected chi connectivity index (χ0v) is 17.5. The van der Waals surface area contributed by atoms with Crippen LogP contribution in [0.3, 0.4) is 0 Å². The van der Waals surface area contributed by atoms with E-state index in [-0.39, 0.29) is 11.6 Å². The standard InChI is InChI=1S/C24H26O3S/c1-19(25)27-28(21-11-7-5-8-12-21,22-13-9-6-10-14-22)23-17-15-20(16-18-23)26-24(2,3)4/h5-18H,1-4H3. The van der Waals surface area contributed by atoms with Crippen LogP contribution in [0.2, 0.25) is 0 Å². The summed E-state index contributed by atoms with van der Waals surface area (Å²) in [6, 6.07) is 27.8. The van der Waals surface area contributed by atoms with E-state index in [0.29, 0.717) is 0 Å². The highest BCUT2D eigenvalue weighted by Crippen LogP contribution is 2.69. The molecule has 3 rings (SSSR count). The van der Waals surface area contributed by atoms with Crippen LogP contribution in [0.15, 0.2) is 99.6 Å². The SMILES string of the molecule is CC(=O)OS(c1ccccc1)(c1ccccc1)c1ccc(OC(C)(C)C)cc1. The number of rotatable bonds is 5. The fourth-order valence-corrected chi connectivity index (χ4v) is 6.06. The molecule has 0 aliphatic carbocycles. The Morgan fingerprint density at radius 2 is 1.14 bits per heavy atom. The molecule has 4 heteroatoms. The Morgan fingerprint density at radius 1 is 0.714 bits per heavy atom. The van der Waals surface area contributed by atoms with Crippen LogP contribution in [-0.4, -0.2) is 11.6 Å². The highest BCUT2D eigenvalue weighted by atomic mass is 32.3. The lowest BCUT2D eigenvalue weighted by molar-refractivity contribution is -0.131. The summed E-state index contributed by atoms with van der Waals surface area (Å²) in [4.78, 5) is 15.1. The third-order valence-corrected chi connectivity index (χ3v) is 7.27. The van der Waals surface area contributed by atoms with Gasteiger partial charge in [0.05, 0.1) is 0 Å². The topological polar surface area (TPSA) is 35.5 Å². The Morgan fingerprint density at radius 3 is 1.54 bits per heavy atom. The zero-order chi connectivity index (χ0) is 20.2. The predicted molar refractivity (Wildman–Crippen MR) is 114 cm³/mol. The third kappa shape index (κ3) is 4.39. The first-order chi connectivity index (χ1) is 13.3. The average Bonchev–Trinajstić information content (AvgIpc) is 2.67. The first-order valence-electron chi connectivity index (χ1n) is 9.24. The summed E-state index contributed by atoms with van der Waals surface area (Å²) in [5, 5.41) is 0. The van der Waals surface area contributed by atoms with Crippen molar-refractivity contribution < 1.29 is 13.7 Å². The average molecular weight is 395 g/mol. The summed E-state index contributed by atoms with van der Waals surface area (Å²) in [7, 11) is -2.20. The minimum Gasteiger partial charge on any atom is -0.488 e. The molecule has 0 heterocycles. The van der Waals surface area contributed by atoms with E-state index in [0.717, 1.165) is 20.4 Å². The van der Waals surface area contributed by atoms with Gasteiger partial charge in [0.25, 0.3) is 0 Å². The lowest BCUT2D eigenvalue weighted by Gasteiger charge is -2.39. The molecule has 0 saturated carbocycles. The van der Waals surface area contributed by atoms with Gasteiger partial charge in [-0.15, -0.1) is 0 Å². The summed E-state index contributed by atoms with van der Waals surface area (Å²) in [6.07, 6.45) is 0. The molecule has 0 aromatic heterocycles. The Labute approximate surface area is 168 Å². The third-order valence-electron chi connectivity index (χ3n) is 3.97. The molecule has 3 aromatic carbocycles. The van der Waals surface area contributed by atoms with Gasteiger partial charge in [-0.3, -0.25) is 4.79 Å². The molecule has 3 nitrogen and oxygen atoms in total. The second-order valence-corrected chi connectivity index (χ2v) is 10.1. The van der Waals surface area contributed by atoms with Crippen molar-refractivity contribution in [2.75, 3.05) is 0 Å². The number of carbonyl (C=O) groups is 1. The van der Waals surface area contributed by atoms with Gasteiger partial charge in [0.15, 0.2) is 0 Å². The Hall–Kier alpha value is -2.72. The van der Waals surface area contributed by atoms with Gasteiger partial charge >= 0.3 is 5.97 Å². The van der Waals surface area contributed by atoms with Crippen molar-refractivity contribution in [3.05, 3.63) is 84.9 Å². The second-order valence-electron chi connectivity index (χ2n) is 7.44. The number of hydrogen-bond donors (Lipinski definition) is 0. The molecule has 0 saturated heterocycles. The highest BCUT2D eigenvalue weighted by molar-refractivity contribution is 8.30. The maximum atomic E-state index is 12.2. The summed E-state index contributed by atoms with van der Waals surface area (Å²) < 4.78 is 12.1. The second kappa shape index (κ2) is 8.11. The van der Waals surface area contributed by atoms with Gasteiger partial charge in [0.2, 0.25) is 0 Å². The number of ether oxygens (including phenoxy) is 1. The molecule has 28 heavy (non-hydrogen) atoms. The molecule has 0 fully saturated rings. The van der Waals surface area contributed by atoms with Gasteiger partial charge in [-0.2, -0.15) is 0 Å². The monoisotopic (exact) mass is 394 g/mol. The molecule has 0 aliphatic heterocycles. The Balaban J connectivity index is 2.19. The molecule has 0 atom stereocenters. The van der Waals surface area contributed by atoms with Crippen molar-refractivity contribution in [2.24, 2.45) is 0 Å².